The van der Waals surface area contributed by atoms with Crippen molar-refractivity contribution in [3.63, 3.8) is 0 Å². The average molecular weight is 528 g/mol. The molecule has 1 aliphatic heterocycles. The number of pyridine rings is 1. The number of nitrogens with zero attached hydrogens (tertiary/aromatic N) is 1. The third kappa shape index (κ3) is 4.55. The fourth-order valence-electron chi connectivity index (χ4n) is 4.95. The van der Waals surface area contributed by atoms with E-state index in [1.807, 2.05) is 51.1 Å². The highest BCUT2D eigenvalue weighted by Crippen LogP contribution is 2.53. The molecular formula is C27H27ClFN3O5. The minimum Gasteiger partial charge on any atom is -0.479 e. The third-order valence-electron chi connectivity index (χ3n) is 6.35. The van der Waals surface area contributed by atoms with Crippen molar-refractivity contribution in [3.05, 3.63) is 76.2 Å². The molecule has 2 heterocycles. The van der Waals surface area contributed by atoms with Gasteiger partial charge in [0.15, 0.2) is 17.5 Å². The van der Waals surface area contributed by atoms with Crippen LogP contribution in [0.25, 0.3) is 11.1 Å². The highest BCUT2D eigenvalue weighted by atomic mass is 35.5. The van der Waals surface area contributed by atoms with Crippen molar-refractivity contribution < 1.29 is 28.2 Å². The number of methoxy groups -OCH3 is 1. The number of amides is 2. The van der Waals surface area contributed by atoms with Crippen molar-refractivity contribution in [2.45, 2.75) is 38.9 Å². The van der Waals surface area contributed by atoms with Crippen molar-refractivity contribution in [1.29, 1.82) is 0 Å². The van der Waals surface area contributed by atoms with E-state index in [1.54, 1.807) is 6.07 Å². The fourth-order valence-corrected chi connectivity index (χ4v) is 5.22. The fraction of sp³-hybridized carbons (Fsp3) is 0.296. The number of carbonyl (C=O) groups excluding carboxylic acids is 2. The number of halogens is 2. The molecule has 3 aromatic rings. The zero-order chi connectivity index (χ0) is 27.1. The zero-order valence-electron chi connectivity index (χ0n) is 20.8. The summed E-state index contributed by atoms with van der Waals surface area (Å²) in [6.07, 6.45) is -0.580. The van der Waals surface area contributed by atoms with Crippen LogP contribution in [-0.2, 0) is 16.8 Å². The molecule has 0 saturated carbocycles. The number of hydrogen-bond donors (Lipinski definition) is 2. The van der Waals surface area contributed by atoms with Crippen molar-refractivity contribution >= 4 is 23.6 Å². The van der Waals surface area contributed by atoms with Gasteiger partial charge in [-0.05, 0) is 17.7 Å². The molecule has 0 saturated heterocycles. The maximum atomic E-state index is 15.7. The third-order valence-corrected chi connectivity index (χ3v) is 6.67. The number of aromatic nitrogens is 1. The Labute approximate surface area is 218 Å². The summed E-state index contributed by atoms with van der Waals surface area (Å²) in [6.45, 7) is 5.68. The molecule has 2 amide bonds. The van der Waals surface area contributed by atoms with Gasteiger partial charge in [0.25, 0.3) is 11.8 Å². The minimum absolute atomic E-state index is 0.111. The molecule has 0 radical (unpaired) electrons. The number of benzene rings is 2. The second-order valence-electron chi connectivity index (χ2n) is 9.85. The van der Waals surface area contributed by atoms with E-state index in [1.165, 1.54) is 13.2 Å². The standard InChI is InChI=1S/C27H27ClFN3O5/c1-26(2,3)24(36-25(31)34)27(14-8-6-5-7-9-14)12-15-18(37-27)11-10-17(28)19(15)20-16(22(30)33)13-32-23(35-4)21(20)29/h5-11,13,24H,12H2,1-4H3,(H2,30,33)(H2,31,34)/t24-,27-/m0/s1. The summed E-state index contributed by atoms with van der Waals surface area (Å²) >= 11 is 6.64. The van der Waals surface area contributed by atoms with E-state index in [2.05, 4.69) is 4.98 Å². The number of fused-ring (bicyclic) bond motifs is 1. The number of primary amides is 2. The van der Waals surface area contributed by atoms with Crippen LogP contribution in [0.1, 0.15) is 42.3 Å². The van der Waals surface area contributed by atoms with E-state index in [0.717, 1.165) is 6.20 Å². The Kier molecular flexibility index (Phi) is 6.77. The molecule has 8 nitrogen and oxygen atoms in total. The van der Waals surface area contributed by atoms with Crippen LogP contribution in [0.3, 0.4) is 0 Å². The van der Waals surface area contributed by atoms with E-state index in [9.17, 15) is 9.59 Å². The summed E-state index contributed by atoms with van der Waals surface area (Å²) in [5.41, 5.74) is 10.3. The van der Waals surface area contributed by atoms with E-state index < -0.39 is 34.9 Å². The lowest BCUT2D eigenvalue weighted by atomic mass is 9.72. The SMILES string of the molecule is COc1ncc(C(N)=O)c(-c2c(Cl)ccc3c2C[C@](c2ccccc2)([C@@H](OC(N)=O)C(C)(C)C)O3)c1F. The van der Waals surface area contributed by atoms with Crippen LogP contribution in [0.2, 0.25) is 5.02 Å². The van der Waals surface area contributed by atoms with Crippen LogP contribution in [0.4, 0.5) is 9.18 Å². The summed E-state index contributed by atoms with van der Waals surface area (Å²) in [5, 5.41) is 0.156. The molecule has 4 rings (SSSR count). The van der Waals surface area contributed by atoms with E-state index in [-0.39, 0.29) is 34.0 Å². The van der Waals surface area contributed by atoms with Crippen LogP contribution in [-0.4, -0.2) is 30.2 Å². The van der Waals surface area contributed by atoms with Gasteiger partial charge in [-0.2, -0.15) is 0 Å². The maximum absolute atomic E-state index is 15.7. The van der Waals surface area contributed by atoms with E-state index in [0.29, 0.717) is 16.9 Å². The number of hydrogen-bond acceptors (Lipinski definition) is 6. The van der Waals surface area contributed by atoms with Crippen molar-refractivity contribution in [2.24, 2.45) is 16.9 Å². The zero-order valence-corrected chi connectivity index (χ0v) is 21.6. The molecule has 37 heavy (non-hydrogen) atoms. The minimum atomic E-state index is -1.25. The van der Waals surface area contributed by atoms with Gasteiger partial charge in [-0.3, -0.25) is 4.79 Å². The molecule has 1 aromatic heterocycles. The van der Waals surface area contributed by atoms with Crippen LogP contribution < -0.4 is 20.9 Å². The largest absolute Gasteiger partial charge is 0.479 e. The second kappa shape index (κ2) is 9.55. The normalized spacial score (nSPS) is 17.5. The topological polar surface area (TPSA) is 127 Å². The van der Waals surface area contributed by atoms with Gasteiger partial charge in [-0.25, -0.2) is 14.2 Å². The van der Waals surface area contributed by atoms with E-state index in [4.69, 9.17) is 37.3 Å². The predicted molar refractivity (Wildman–Crippen MR) is 136 cm³/mol. The smallest absolute Gasteiger partial charge is 0.404 e. The average Bonchev–Trinajstić information content (AvgIpc) is 3.23. The summed E-state index contributed by atoms with van der Waals surface area (Å²) in [7, 11) is 1.26. The monoisotopic (exact) mass is 527 g/mol. The van der Waals surface area contributed by atoms with Crippen molar-refractivity contribution in [1.82, 2.24) is 4.98 Å². The molecule has 4 N–H and O–H groups in total. The summed E-state index contributed by atoms with van der Waals surface area (Å²) in [6, 6.07) is 12.4. The van der Waals surface area contributed by atoms with Crippen LogP contribution in [0.5, 0.6) is 11.6 Å². The molecular weight excluding hydrogens is 501 g/mol. The van der Waals surface area contributed by atoms with Crippen molar-refractivity contribution in [2.75, 3.05) is 7.11 Å². The first-order valence-electron chi connectivity index (χ1n) is 11.5. The first kappa shape index (κ1) is 26.2. The number of nitrogens with two attached hydrogens (primary N) is 2. The molecule has 0 spiro atoms. The Morgan fingerprint density at radius 1 is 1.14 bits per heavy atom. The first-order valence-corrected chi connectivity index (χ1v) is 11.8. The van der Waals surface area contributed by atoms with Crippen molar-refractivity contribution in [3.8, 4) is 22.8 Å². The lowest BCUT2D eigenvalue weighted by Crippen LogP contribution is -2.53. The lowest BCUT2D eigenvalue weighted by Gasteiger charge is -2.43. The molecule has 1 aliphatic rings. The van der Waals surface area contributed by atoms with Gasteiger partial charge in [0.05, 0.1) is 12.7 Å². The number of ether oxygens (including phenoxy) is 3. The van der Waals surface area contributed by atoms with Crippen LogP contribution in [0, 0.1) is 11.2 Å². The van der Waals surface area contributed by atoms with Gasteiger partial charge in [0.1, 0.15) is 5.75 Å². The highest BCUT2D eigenvalue weighted by Gasteiger charge is 2.55. The van der Waals surface area contributed by atoms with E-state index >= 15 is 4.39 Å². The quantitative estimate of drug-likeness (QED) is 0.465. The molecule has 0 bridgehead atoms. The van der Waals surface area contributed by atoms with Gasteiger partial charge in [0.2, 0.25) is 0 Å². The lowest BCUT2D eigenvalue weighted by molar-refractivity contribution is -0.100. The Balaban J connectivity index is 2.02. The number of carbonyl (C=O) groups is 2. The second-order valence-corrected chi connectivity index (χ2v) is 10.3. The Morgan fingerprint density at radius 3 is 2.38 bits per heavy atom. The summed E-state index contributed by atoms with van der Waals surface area (Å²) in [5.74, 6) is -1.75. The molecule has 2 aromatic carbocycles. The molecule has 194 valence electrons. The van der Waals surface area contributed by atoms with Gasteiger partial charge in [-0.1, -0.05) is 62.7 Å². The predicted octanol–water partition coefficient (Wildman–Crippen LogP) is 4.99. The van der Waals surface area contributed by atoms with Gasteiger partial charge < -0.3 is 25.7 Å². The van der Waals surface area contributed by atoms with Gasteiger partial charge in [0, 0.05) is 39.7 Å². The maximum Gasteiger partial charge on any atom is 0.404 e. The Morgan fingerprint density at radius 2 is 1.81 bits per heavy atom. The van der Waals surface area contributed by atoms with Crippen LogP contribution >= 0.6 is 11.6 Å². The Hall–Kier alpha value is -3.85. The summed E-state index contributed by atoms with van der Waals surface area (Å²) < 4.78 is 33.0. The molecule has 10 heteroatoms. The molecule has 2 atom stereocenters. The number of rotatable bonds is 6. The molecule has 0 aliphatic carbocycles. The molecule has 0 unspecified atom stereocenters. The summed E-state index contributed by atoms with van der Waals surface area (Å²) in [4.78, 5) is 28.2. The molecule has 0 fully saturated rings. The Bertz CT molecular complexity index is 1380. The van der Waals surface area contributed by atoms with Crippen LogP contribution in [0.15, 0.2) is 48.7 Å². The van der Waals surface area contributed by atoms with Gasteiger partial charge in [-0.15, -0.1) is 0 Å². The first-order chi connectivity index (χ1) is 17.4. The van der Waals surface area contributed by atoms with Gasteiger partial charge >= 0.3 is 6.09 Å². The highest BCUT2D eigenvalue weighted by molar-refractivity contribution is 6.34.